The van der Waals surface area contributed by atoms with Crippen LogP contribution in [0.4, 0.5) is 11.5 Å². The second kappa shape index (κ2) is 5.85. The van der Waals surface area contributed by atoms with Crippen LogP contribution in [-0.2, 0) is 4.79 Å². The molecule has 3 rings (SSSR count). The third kappa shape index (κ3) is 2.83. The Labute approximate surface area is 138 Å². The number of benzene rings is 1. The molecular formula is C17H14ClN3O2. The number of fused-ring (bicyclic) bond motifs is 1. The number of nitrogens with one attached hydrogen (secondary N) is 1. The van der Waals surface area contributed by atoms with Gasteiger partial charge in [-0.25, -0.2) is 4.98 Å². The highest BCUT2D eigenvalue weighted by atomic mass is 35.5. The molecule has 1 N–H and O–H groups in total. The molecular weight excluding hydrogens is 314 g/mol. The van der Waals surface area contributed by atoms with E-state index in [0.717, 1.165) is 5.82 Å². The van der Waals surface area contributed by atoms with E-state index in [1.807, 2.05) is 19.0 Å². The maximum Gasteiger partial charge on any atom is 0.256 e. The molecule has 1 aliphatic heterocycles. The van der Waals surface area contributed by atoms with Crippen molar-refractivity contribution >= 4 is 40.4 Å². The summed E-state index contributed by atoms with van der Waals surface area (Å²) in [6, 6.07) is 8.61. The van der Waals surface area contributed by atoms with E-state index in [9.17, 15) is 9.59 Å². The monoisotopic (exact) mass is 327 g/mol. The molecule has 5 nitrogen and oxygen atoms in total. The highest BCUT2D eigenvalue weighted by Crippen LogP contribution is 2.37. The fourth-order valence-corrected chi connectivity index (χ4v) is 2.63. The molecule has 0 radical (unpaired) electrons. The van der Waals surface area contributed by atoms with Crippen LogP contribution in [0.1, 0.15) is 15.9 Å². The second-order valence-electron chi connectivity index (χ2n) is 5.34. The van der Waals surface area contributed by atoms with Crippen molar-refractivity contribution in [2.24, 2.45) is 0 Å². The van der Waals surface area contributed by atoms with Crippen molar-refractivity contribution in [1.29, 1.82) is 0 Å². The van der Waals surface area contributed by atoms with Crippen molar-refractivity contribution in [2.45, 2.75) is 0 Å². The molecule has 0 bridgehead atoms. The van der Waals surface area contributed by atoms with E-state index in [-0.39, 0.29) is 17.3 Å². The lowest BCUT2D eigenvalue weighted by atomic mass is 10.0. The van der Waals surface area contributed by atoms with Crippen LogP contribution in [0.15, 0.2) is 42.6 Å². The number of carbonyl (C=O) groups is 2. The first kappa shape index (κ1) is 15.2. The van der Waals surface area contributed by atoms with Crippen molar-refractivity contribution in [3.63, 3.8) is 0 Å². The summed E-state index contributed by atoms with van der Waals surface area (Å²) in [5.74, 6) is 0.126. The Kier molecular flexibility index (Phi) is 3.88. The minimum absolute atomic E-state index is 0.271. The van der Waals surface area contributed by atoms with Gasteiger partial charge in [-0.1, -0.05) is 17.7 Å². The maximum atomic E-state index is 12.4. The number of carbonyl (C=O) groups excluding carboxylic acids is 2. The topological polar surface area (TPSA) is 62.3 Å². The standard InChI is InChI=1S/C17H14ClN3O2/c1-21(2)15-7-6-10(9-19-15)14(22)8-11-16-12(18)4-3-5-13(16)20-17(11)23/h3-9H,1-2H3,(H,20,23)/b11-8+. The molecule has 0 fully saturated rings. The summed E-state index contributed by atoms with van der Waals surface area (Å²) in [7, 11) is 3.74. The van der Waals surface area contributed by atoms with Crippen molar-refractivity contribution in [3.8, 4) is 0 Å². The fourth-order valence-electron chi connectivity index (χ4n) is 2.35. The van der Waals surface area contributed by atoms with E-state index in [1.54, 1.807) is 30.3 Å². The number of rotatable bonds is 3. The first-order valence-corrected chi connectivity index (χ1v) is 7.35. The molecule has 1 aromatic carbocycles. The van der Waals surface area contributed by atoms with Crippen LogP contribution in [-0.4, -0.2) is 30.8 Å². The fraction of sp³-hybridized carbons (Fsp3) is 0.118. The molecule has 23 heavy (non-hydrogen) atoms. The van der Waals surface area contributed by atoms with Gasteiger partial charge in [0.25, 0.3) is 5.91 Å². The normalized spacial score (nSPS) is 14.6. The Morgan fingerprint density at radius 2 is 2.04 bits per heavy atom. The van der Waals surface area contributed by atoms with Gasteiger partial charge in [0.05, 0.1) is 16.3 Å². The minimum Gasteiger partial charge on any atom is -0.363 e. The van der Waals surface area contributed by atoms with Crippen molar-refractivity contribution in [1.82, 2.24) is 4.98 Å². The van der Waals surface area contributed by atoms with Gasteiger partial charge < -0.3 is 10.2 Å². The van der Waals surface area contributed by atoms with Crippen LogP contribution in [0.2, 0.25) is 5.02 Å². The van der Waals surface area contributed by atoms with Crippen LogP contribution in [0.3, 0.4) is 0 Å². The first-order valence-electron chi connectivity index (χ1n) is 6.97. The van der Waals surface area contributed by atoms with E-state index < -0.39 is 0 Å². The predicted octanol–water partition coefficient (Wildman–Crippen LogP) is 3.02. The summed E-state index contributed by atoms with van der Waals surface area (Å²) in [6.45, 7) is 0. The van der Waals surface area contributed by atoms with E-state index in [2.05, 4.69) is 10.3 Å². The first-order chi connectivity index (χ1) is 11.0. The van der Waals surface area contributed by atoms with Gasteiger partial charge in [0.15, 0.2) is 5.78 Å². The third-order valence-corrected chi connectivity index (χ3v) is 3.86. The lowest BCUT2D eigenvalue weighted by Crippen LogP contribution is -2.11. The van der Waals surface area contributed by atoms with Gasteiger partial charge in [0.1, 0.15) is 5.82 Å². The lowest BCUT2D eigenvalue weighted by molar-refractivity contribution is -0.110. The number of anilines is 2. The van der Waals surface area contributed by atoms with Crippen LogP contribution in [0, 0.1) is 0 Å². The number of nitrogens with zero attached hydrogens (tertiary/aromatic N) is 2. The molecule has 1 aliphatic rings. The Bertz CT molecular complexity index is 826. The van der Waals surface area contributed by atoms with Gasteiger partial charge in [-0.05, 0) is 30.3 Å². The van der Waals surface area contributed by atoms with Gasteiger partial charge in [0, 0.05) is 31.4 Å². The number of aromatic nitrogens is 1. The van der Waals surface area contributed by atoms with Crippen LogP contribution >= 0.6 is 11.6 Å². The molecule has 0 saturated heterocycles. The SMILES string of the molecule is CN(C)c1ccc(C(=O)/C=C2/C(=O)Nc3cccc(Cl)c32)cn1. The molecule has 0 spiro atoms. The zero-order chi connectivity index (χ0) is 16.6. The Hall–Kier alpha value is -2.66. The van der Waals surface area contributed by atoms with E-state index >= 15 is 0 Å². The van der Waals surface area contributed by atoms with Crippen molar-refractivity contribution in [2.75, 3.05) is 24.3 Å². The van der Waals surface area contributed by atoms with Crippen LogP contribution < -0.4 is 10.2 Å². The Morgan fingerprint density at radius 1 is 1.26 bits per heavy atom. The van der Waals surface area contributed by atoms with E-state index in [4.69, 9.17) is 11.6 Å². The van der Waals surface area contributed by atoms with Crippen LogP contribution in [0.25, 0.3) is 5.57 Å². The molecule has 6 heteroatoms. The van der Waals surface area contributed by atoms with Gasteiger partial charge in [-0.2, -0.15) is 0 Å². The number of hydrogen-bond acceptors (Lipinski definition) is 4. The summed E-state index contributed by atoms with van der Waals surface area (Å²) in [4.78, 5) is 30.5. The summed E-state index contributed by atoms with van der Waals surface area (Å²) >= 11 is 6.15. The average molecular weight is 328 g/mol. The van der Waals surface area contributed by atoms with E-state index in [0.29, 0.717) is 21.8 Å². The van der Waals surface area contributed by atoms with Gasteiger partial charge in [-0.3, -0.25) is 9.59 Å². The third-order valence-electron chi connectivity index (χ3n) is 3.54. The Morgan fingerprint density at radius 3 is 2.70 bits per heavy atom. The zero-order valence-corrected chi connectivity index (χ0v) is 13.4. The number of halogens is 1. The molecule has 0 atom stereocenters. The van der Waals surface area contributed by atoms with Gasteiger partial charge in [-0.15, -0.1) is 0 Å². The summed E-state index contributed by atoms with van der Waals surface area (Å²) in [5.41, 5.74) is 1.86. The predicted molar refractivity (Wildman–Crippen MR) is 91.0 cm³/mol. The maximum absolute atomic E-state index is 12.4. The average Bonchev–Trinajstić information content (AvgIpc) is 2.84. The Balaban J connectivity index is 1.96. The van der Waals surface area contributed by atoms with Gasteiger partial charge >= 0.3 is 0 Å². The van der Waals surface area contributed by atoms with E-state index in [1.165, 1.54) is 12.3 Å². The molecule has 0 aliphatic carbocycles. The number of allylic oxidation sites excluding steroid dienone is 1. The summed E-state index contributed by atoms with van der Waals surface area (Å²) < 4.78 is 0. The van der Waals surface area contributed by atoms with Crippen LogP contribution in [0.5, 0.6) is 0 Å². The quantitative estimate of drug-likeness (QED) is 0.695. The number of hydrogen-bond donors (Lipinski definition) is 1. The number of pyridine rings is 1. The molecule has 2 heterocycles. The molecule has 0 unspecified atom stereocenters. The molecule has 1 aromatic heterocycles. The van der Waals surface area contributed by atoms with Crippen molar-refractivity contribution < 1.29 is 9.59 Å². The largest absolute Gasteiger partial charge is 0.363 e. The lowest BCUT2D eigenvalue weighted by Gasteiger charge is -2.10. The van der Waals surface area contributed by atoms with Crippen molar-refractivity contribution in [3.05, 3.63) is 58.8 Å². The molecule has 2 aromatic rings. The zero-order valence-electron chi connectivity index (χ0n) is 12.6. The number of ketones is 1. The number of amides is 1. The summed E-state index contributed by atoms with van der Waals surface area (Å²) in [6.07, 6.45) is 2.80. The minimum atomic E-state index is -0.334. The second-order valence-corrected chi connectivity index (χ2v) is 5.75. The highest BCUT2D eigenvalue weighted by Gasteiger charge is 2.27. The smallest absolute Gasteiger partial charge is 0.256 e. The van der Waals surface area contributed by atoms with Gasteiger partial charge in [0.2, 0.25) is 0 Å². The highest BCUT2D eigenvalue weighted by molar-refractivity contribution is 6.41. The summed E-state index contributed by atoms with van der Waals surface area (Å²) in [5, 5.41) is 3.13. The molecule has 116 valence electrons. The molecule has 0 saturated carbocycles. The molecule has 1 amide bonds.